The van der Waals surface area contributed by atoms with Gasteiger partial charge in [-0.2, -0.15) is 0 Å². The van der Waals surface area contributed by atoms with Crippen LogP contribution in [0, 0.1) is 0 Å². The summed E-state index contributed by atoms with van der Waals surface area (Å²) in [5, 5.41) is 8.46. The lowest BCUT2D eigenvalue weighted by Crippen LogP contribution is -2.34. The van der Waals surface area contributed by atoms with Crippen LogP contribution in [0.4, 0.5) is 5.69 Å². The first-order valence-electron chi connectivity index (χ1n) is 8.17. The third-order valence-corrected chi connectivity index (χ3v) is 4.13. The molecule has 0 saturated carbocycles. The average Bonchev–Trinajstić information content (AvgIpc) is 2.61. The zero-order valence-corrected chi connectivity index (χ0v) is 17.5. The van der Waals surface area contributed by atoms with Crippen LogP contribution >= 0.6 is 28.1 Å². The fourth-order valence-corrected chi connectivity index (χ4v) is 2.85. The quantitative estimate of drug-likeness (QED) is 0.606. The number of ether oxygens (including phenoxy) is 1. The Hall–Kier alpha value is -2.45. The van der Waals surface area contributed by atoms with Crippen molar-refractivity contribution >= 4 is 50.8 Å². The predicted molar refractivity (Wildman–Crippen MR) is 113 cm³/mol. The molecule has 0 radical (unpaired) electrons. The first kappa shape index (κ1) is 20.9. The van der Waals surface area contributed by atoms with Gasteiger partial charge in [0.15, 0.2) is 5.11 Å². The van der Waals surface area contributed by atoms with Crippen molar-refractivity contribution in [3.63, 3.8) is 0 Å². The highest BCUT2D eigenvalue weighted by Crippen LogP contribution is 2.22. The number of halogens is 1. The Morgan fingerprint density at radius 1 is 1.11 bits per heavy atom. The molecule has 0 unspecified atom stereocenters. The number of hydrogen-bond acceptors (Lipinski definition) is 4. The summed E-state index contributed by atoms with van der Waals surface area (Å²) in [6.45, 7) is 3.78. The molecule has 0 aliphatic heterocycles. The van der Waals surface area contributed by atoms with Gasteiger partial charge in [0.1, 0.15) is 5.75 Å². The van der Waals surface area contributed by atoms with Gasteiger partial charge < -0.3 is 15.4 Å². The van der Waals surface area contributed by atoms with Gasteiger partial charge in [0.25, 0.3) is 11.8 Å². The highest BCUT2D eigenvalue weighted by atomic mass is 79.9. The van der Waals surface area contributed by atoms with Gasteiger partial charge in [-0.25, -0.2) is 0 Å². The maximum atomic E-state index is 12.5. The number of hydrogen-bond donors (Lipinski definition) is 3. The van der Waals surface area contributed by atoms with Crippen LogP contribution in [-0.2, 0) is 0 Å². The van der Waals surface area contributed by atoms with E-state index in [1.165, 1.54) is 7.11 Å². The van der Waals surface area contributed by atoms with Crippen LogP contribution in [-0.4, -0.2) is 30.1 Å². The topological polar surface area (TPSA) is 79.5 Å². The molecule has 2 amide bonds. The summed E-state index contributed by atoms with van der Waals surface area (Å²) in [6.07, 6.45) is 0. The Morgan fingerprint density at radius 3 is 2.52 bits per heavy atom. The number of anilines is 1. The van der Waals surface area contributed by atoms with Crippen molar-refractivity contribution in [2.24, 2.45) is 0 Å². The monoisotopic (exact) mass is 449 g/mol. The molecule has 0 heterocycles. The van der Waals surface area contributed by atoms with Gasteiger partial charge in [0, 0.05) is 21.8 Å². The molecule has 8 heteroatoms. The first-order chi connectivity index (χ1) is 12.8. The third-order valence-electron chi connectivity index (χ3n) is 3.44. The van der Waals surface area contributed by atoms with Crippen LogP contribution in [0.1, 0.15) is 34.6 Å². The van der Waals surface area contributed by atoms with Crippen LogP contribution in [0.5, 0.6) is 5.75 Å². The summed E-state index contributed by atoms with van der Waals surface area (Å²) in [7, 11) is 1.49. The van der Waals surface area contributed by atoms with Crippen molar-refractivity contribution in [3.8, 4) is 5.75 Å². The third kappa shape index (κ3) is 6.04. The maximum Gasteiger partial charge on any atom is 0.261 e. The summed E-state index contributed by atoms with van der Waals surface area (Å²) in [6, 6.07) is 12.0. The minimum atomic E-state index is -0.403. The summed E-state index contributed by atoms with van der Waals surface area (Å²) >= 11 is 8.54. The van der Waals surface area contributed by atoms with Gasteiger partial charge in [-0.15, -0.1) is 0 Å². The minimum Gasteiger partial charge on any atom is -0.496 e. The first-order valence-corrected chi connectivity index (χ1v) is 9.37. The van der Waals surface area contributed by atoms with Crippen molar-refractivity contribution in [3.05, 3.63) is 58.1 Å². The molecular weight excluding hydrogens is 430 g/mol. The minimum absolute atomic E-state index is 0.0367. The van der Waals surface area contributed by atoms with Crippen LogP contribution < -0.4 is 20.7 Å². The van der Waals surface area contributed by atoms with Crippen molar-refractivity contribution in [1.82, 2.24) is 10.6 Å². The van der Waals surface area contributed by atoms with E-state index in [-0.39, 0.29) is 17.1 Å². The summed E-state index contributed by atoms with van der Waals surface area (Å²) < 4.78 is 5.95. The van der Waals surface area contributed by atoms with Crippen molar-refractivity contribution in [2.75, 3.05) is 12.4 Å². The fourth-order valence-electron chi connectivity index (χ4n) is 2.27. The second-order valence-electron chi connectivity index (χ2n) is 5.96. The number of carbonyl (C=O) groups excluding carboxylic acids is 2. The Balaban J connectivity index is 2.07. The van der Waals surface area contributed by atoms with Gasteiger partial charge >= 0.3 is 0 Å². The van der Waals surface area contributed by atoms with Crippen molar-refractivity contribution in [2.45, 2.75) is 19.9 Å². The van der Waals surface area contributed by atoms with Crippen molar-refractivity contribution in [1.29, 1.82) is 0 Å². The number of rotatable bonds is 5. The molecule has 2 aromatic rings. The van der Waals surface area contributed by atoms with E-state index in [1.54, 1.807) is 42.5 Å². The molecule has 142 valence electrons. The molecule has 0 atom stereocenters. The van der Waals surface area contributed by atoms with Crippen LogP contribution in [0.15, 0.2) is 46.9 Å². The number of benzene rings is 2. The highest BCUT2D eigenvalue weighted by Gasteiger charge is 2.15. The van der Waals surface area contributed by atoms with Gasteiger partial charge in [-0.1, -0.05) is 22.0 Å². The van der Waals surface area contributed by atoms with E-state index in [4.69, 9.17) is 17.0 Å². The molecule has 0 aliphatic carbocycles. The zero-order valence-electron chi connectivity index (χ0n) is 15.1. The van der Waals surface area contributed by atoms with E-state index in [0.29, 0.717) is 22.6 Å². The maximum absolute atomic E-state index is 12.5. The lowest BCUT2D eigenvalue weighted by Gasteiger charge is -2.13. The summed E-state index contributed by atoms with van der Waals surface area (Å²) in [5.74, 6) is -0.146. The number of amides is 2. The number of nitrogens with one attached hydrogen (secondary N) is 3. The zero-order chi connectivity index (χ0) is 20.0. The van der Waals surface area contributed by atoms with Crippen LogP contribution in [0.3, 0.4) is 0 Å². The lowest BCUT2D eigenvalue weighted by atomic mass is 10.1. The Morgan fingerprint density at radius 2 is 1.85 bits per heavy atom. The van der Waals surface area contributed by atoms with Gasteiger partial charge in [-0.3, -0.25) is 14.9 Å². The van der Waals surface area contributed by atoms with Gasteiger partial charge in [-0.05, 0) is 62.5 Å². The van der Waals surface area contributed by atoms with E-state index in [9.17, 15) is 9.59 Å². The molecule has 2 aromatic carbocycles. The second-order valence-corrected chi connectivity index (χ2v) is 7.29. The normalized spacial score (nSPS) is 10.3. The Labute approximate surface area is 171 Å². The molecule has 27 heavy (non-hydrogen) atoms. The SMILES string of the molecule is COc1ccc(Br)cc1C(=O)NC(=S)Nc1cccc(C(=O)NC(C)C)c1. The van der Waals surface area contributed by atoms with E-state index >= 15 is 0 Å². The van der Waals surface area contributed by atoms with Gasteiger partial charge in [0.05, 0.1) is 12.7 Å². The largest absolute Gasteiger partial charge is 0.496 e. The average molecular weight is 450 g/mol. The van der Waals surface area contributed by atoms with Gasteiger partial charge in [0.2, 0.25) is 0 Å². The number of methoxy groups -OCH3 is 1. The predicted octanol–water partition coefficient (Wildman–Crippen LogP) is 3.72. The molecule has 3 N–H and O–H groups in total. The standard InChI is InChI=1S/C19H20BrN3O3S/c1-11(2)21-17(24)12-5-4-6-14(9-12)22-19(27)23-18(25)15-10-13(20)7-8-16(15)26-3/h4-11H,1-3H3,(H,21,24)(H2,22,23,25,27). The van der Waals surface area contributed by atoms with E-state index in [1.807, 2.05) is 13.8 Å². The molecule has 0 aromatic heterocycles. The molecule has 0 fully saturated rings. The number of carbonyl (C=O) groups is 2. The Kier molecular flexibility index (Phi) is 7.32. The molecule has 0 spiro atoms. The van der Waals surface area contributed by atoms with E-state index in [2.05, 4.69) is 31.9 Å². The van der Waals surface area contributed by atoms with E-state index < -0.39 is 5.91 Å². The van der Waals surface area contributed by atoms with Crippen molar-refractivity contribution < 1.29 is 14.3 Å². The molecule has 0 bridgehead atoms. The summed E-state index contributed by atoms with van der Waals surface area (Å²) in [4.78, 5) is 24.6. The molecule has 6 nitrogen and oxygen atoms in total. The van der Waals surface area contributed by atoms with Crippen LogP contribution in [0.2, 0.25) is 0 Å². The Bertz CT molecular complexity index is 871. The molecular formula is C19H20BrN3O3S. The van der Waals surface area contributed by atoms with Crippen LogP contribution in [0.25, 0.3) is 0 Å². The molecule has 0 saturated heterocycles. The highest BCUT2D eigenvalue weighted by molar-refractivity contribution is 9.10. The fraction of sp³-hybridized carbons (Fsp3) is 0.211. The molecule has 2 rings (SSSR count). The molecule has 0 aliphatic rings. The lowest BCUT2D eigenvalue weighted by molar-refractivity contribution is 0.0941. The van der Waals surface area contributed by atoms with E-state index in [0.717, 1.165) is 4.47 Å². The summed E-state index contributed by atoms with van der Waals surface area (Å²) in [5.41, 5.74) is 1.44. The second kappa shape index (κ2) is 9.48. The number of thiocarbonyl (C=S) groups is 1. The smallest absolute Gasteiger partial charge is 0.261 e.